The first-order chi connectivity index (χ1) is 9.96. The normalized spacial score (nSPS) is 10.4. The first-order valence-electron chi connectivity index (χ1n) is 6.42. The lowest BCUT2D eigenvalue weighted by Gasteiger charge is -2.08. The topological polar surface area (TPSA) is 98.5 Å². The van der Waals surface area contributed by atoms with E-state index in [4.69, 9.17) is 5.73 Å². The van der Waals surface area contributed by atoms with Gasteiger partial charge in [0, 0.05) is 11.3 Å². The van der Waals surface area contributed by atoms with E-state index in [0.717, 1.165) is 0 Å². The SMILES string of the molecule is CCOC(=O)CCS(=O)(=O)Nc1cccc(C#CCN)c1. The van der Waals surface area contributed by atoms with Crippen LogP contribution in [0.25, 0.3) is 0 Å². The fraction of sp³-hybridized carbons (Fsp3) is 0.357. The van der Waals surface area contributed by atoms with Crippen molar-refractivity contribution < 1.29 is 17.9 Å². The minimum absolute atomic E-state index is 0.185. The van der Waals surface area contributed by atoms with Crippen molar-refractivity contribution >= 4 is 21.7 Å². The van der Waals surface area contributed by atoms with Crippen LogP contribution in [0.15, 0.2) is 24.3 Å². The molecular weight excluding hydrogens is 292 g/mol. The van der Waals surface area contributed by atoms with Crippen LogP contribution in [0, 0.1) is 11.8 Å². The summed E-state index contributed by atoms with van der Waals surface area (Å²) in [5.41, 5.74) is 6.33. The molecule has 1 aromatic carbocycles. The fourth-order valence-corrected chi connectivity index (χ4v) is 2.52. The number of hydrogen-bond acceptors (Lipinski definition) is 5. The van der Waals surface area contributed by atoms with Crippen LogP contribution < -0.4 is 10.5 Å². The Balaban J connectivity index is 2.69. The first kappa shape index (κ1) is 17.0. The Morgan fingerprint density at radius 3 is 2.86 bits per heavy atom. The fourth-order valence-electron chi connectivity index (χ4n) is 1.49. The maximum atomic E-state index is 11.9. The van der Waals surface area contributed by atoms with E-state index in [1.807, 2.05) is 0 Å². The second kappa shape index (κ2) is 8.29. The molecule has 21 heavy (non-hydrogen) atoms. The lowest BCUT2D eigenvalue weighted by atomic mass is 10.2. The summed E-state index contributed by atoms with van der Waals surface area (Å²) in [6.07, 6.45) is -0.185. The zero-order valence-electron chi connectivity index (χ0n) is 11.8. The number of nitrogens with one attached hydrogen (secondary N) is 1. The standard InChI is InChI=1S/C14H18N2O4S/c1-2-20-14(17)8-10-21(18,19)16-13-7-3-5-12(11-13)6-4-9-15/h3,5,7,11,16H,2,8-10,15H2,1H3. The number of anilines is 1. The predicted octanol–water partition coefficient (Wildman–Crippen LogP) is 0.692. The largest absolute Gasteiger partial charge is 0.466 e. The summed E-state index contributed by atoms with van der Waals surface area (Å²) in [6.45, 7) is 2.13. The molecule has 1 rings (SSSR count). The van der Waals surface area contributed by atoms with Crippen LogP contribution in [-0.4, -0.2) is 33.3 Å². The van der Waals surface area contributed by atoms with Crippen LogP contribution in [0.4, 0.5) is 5.69 Å². The molecule has 0 unspecified atom stereocenters. The minimum Gasteiger partial charge on any atom is -0.466 e. The van der Waals surface area contributed by atoms with Crippen molar-refractivity contribution in [2.75, 3.05) is 23.6 Å². The van der Waals surface area contributed by atoms with Gasteiger partial charge in [-0.25, -0.2) is 8.42 Å². The highest BCUT2D eigenvalue weighted by atomic mass is 32.2. The quantitative estimate of drug-likeness (QED) is 0.595. The lowest BCUT2D eigenvalue weighted by molar-refractivity contribution is -0.142. The van der Waals surface area contributed by atoms with Crippen molar-refractivity contribution in [2.45, 2.75) is 13.3 Å². The van der Waals surface area contributed by atoms with Crippen molar-refractivity contribution in [3.63, 3.8) is 0 Å². The smallest absolute Gasteiger partial charge is 0.306 e. The summed E-state index contributed by atoms with van der Waals surface area (Å²) in [4.78, 5) is 11.2. The molecule has 0 aliphatic rings. The number of carbonyl (C=O) groups is 1. The van der Waals surface area contributed by atoms with Gasteiger partial charge < -0.3 is 10.5 Å². The number of ether oxygens (including phenoxy) is 1. The van der Waals surface area contributed by atoms with Gasteiger partial charge in [0.15, 0.2) is 0 Å². The van der Waals surface area contributed by atoms with Gasteiger partial charge in [-0.3, -0.25) is 9.52 Å². The number of benzene rings is 1. The third-order valence-corrected chi connectivity index (χ3v) is 3.64. The number of carbonyl (C=O) groups excluding carboxylic acids is 1. The van der Waals surface area contributed by atoms with Gasteiger partial charge in [-0.2, -0.15) is 0 Å². The molecule has 0 aliphatic heterocycles. The molecule has 0 saturated heterocycles. The van der Waals surface area contributed by atoms with Gasteiger partial charge in [0.05, 0.1) is 25.3 Å². The highest BCUT2D eigenvalue weighted by Gasteiger charge is 2.14. The maximum Gasteiger partial charge on any atom is 0.306 e. The average molecular weight is 310 g/mol. The summed E-state index contributed by atoms with van der Waals surface area (Å²) in [5.74, 6) is 4.64. The summed E-state index contributed by atoms with van der Waals surface area (Å²) in [5, 5.41) is 0. The maximum absolute atomic E-state index is 11.9. The van der Waals surface area contributed by atoms with Gasteiger partial charge in [-0.05, 0) is 25.1 Å². The second-order valence-electron chi connectivity index (χ2n) is 4.06. The Bertz CT molecular complexity index is 644. The molecule has 0 radical (unpaired) electrons. The summed E-state index contributed by atoms with van der Waals surface area (Å²) in [7, 11) is -3.61. The highest BCUT2D eigenvalue weighted by molar-refractivity contribution is 7.92. The van der Waals surface area contributed by atoms with Crippen molar-refractivity contribution in [3.05, 3.63) is 29.8 Å². The molecule has 6 nitrogen and oxygen atoms in total. The Hall–Kier alpha value is -2.04. The van der Waals surface area contributed by atoms with E-state index in [1.54, 1.807) is 31.2 Å². The summed E-state index contributed by atoms with van der Waals surface area (Å²) < 4.78 is 30.8. The third-order valence-electron chi connectivity index (χ3n) is 2.35. The zero-order chi connectivity index (χ0) is 15.7. The van der Waals surface area contributed by atoms with Gasteiger partial charge >= 0.3 is 5.97 Å². The number of nitrogens with two attached hydrogens (primary N) is 1. The van der Waals surface area contributed by atoms with E-state index in [0.29, 0.717) is 11.3 Å². The van der Waals surface area contributed by atoms with E-state index >= 15 is 0 Å². The third kappa shape index (κ3) is 6.79. The Morgan fingerprint density at radius 2 is 2.19 bits per heavy atom. The van der Waals surface area contributed by atoms with E-state index < -0.39 is 16.0 Å². The average Bonchev–Trinajstić information content (AvgIpc) is 2.43. The van der Waals surface area contributed by atoms with Gasteiger partial charge in [-0.15, -0.1) is 0 Å². The van der Waals surface area contributed by atoms with Crippen LogP contribution >= 0.6 is 0 Å². The molecule has 3 N–H and O–H groups in total. The highest BCUT2D eigenvalue weighted by Crippen LogP contribution is 2.12. The Labute approximate surface area is 124 Å². The van der Waals surface area contributed by atoms with Crippen molar-refractivity contribution in [1.82, 2.24) is 0 Å². The Kier molecular flexibility index (Phi) is 6.72. The molecule has 0 amide bonds. The number of hydrogen-bond donors (Lipinski definition) is 2. The molecule has 0 atom stereocenters. The van der Waals surface area contributed by atoms with Crippen LogP contribution in [0.2, 0.25) is 0 Å². The molecule has 0 aliphatic carbocycles. The van der Waals surface area contributed by atoms with E-state index in [9.17, 15) is 13.2 Å². The van der Waals surface area contributed by atoms with Crippen LogP contribution in [-0.2, 0) is 19.6 Å². The molecule has 114 valence electrons. The molecule has 0 fully saturated rings. The van der Waals surface area contributed by atoms with Gasteiger partial charge in [0.2, 0.25) is 10.0 Å². The van der Waals surface area contributed by atoms with Gasteiger partial charge in [0.1, 0.15) is 0 Å². The van der Waals surface area contributed by atoms with Crippen molar-refractivity contribution in [3.8, 4) is 11.8 Å². The zero-order valence-corrected chi connectivity index (χ0v) is 12.6. The molecule has 0 heterocycles. The summed E-state index contributed by atoms with van der Waals surface area (Å²) in [6, 6.07) is 6.64. The predicted molar refractivity (Wildman–Crippen MR) is 81.0 cm³/mol. The number of esters is 1. The van der Waals surface area contributed by atoms with Crippen LogP contribution in [0.5, 0.6) is 0 Å². The van der Waals surface area contributed by atoms with Crippen molar-refractivity contribution in [2.24, 2.45) is 5.73 Å². The molecule has 0 saturated carbocycles. The molecule has 0 bridgehead atoms. The Morgan fingerprint density at radius 1 is 1.43 bits per heavy atom. The molecule has 0 aromatic heterocycles. The van der Waals surface area contributed by atoms with E-state index in [-0.39, 0.29) is 25.3 Å². The summed E-state index contributed by atoms with van der Waals surface area (Å²) >= 11 is 0. The minimum atomic E-state index is -3.61. The van der Waals surface area contributed by atoms with Gasteiger partial charge in [-0.1, -0.05) is 17.9 Å². The van der Waals surface area contributed by atoms with E-state index in [2.05, 4.69) is 21.3 Å². The second-order valence-corrected chi connectivity index (χ2v) is 5.90. The van der Waals surface area contributed by atoms with Gasteiger partial charge in [0.25, 0.3) is 0 Å². The monoisotopic (exact) mass is 310 g/mol. The van der Waals surface area contributed by atoms with Crippen molar-refractivity contribution in [1.29, 1.82) is 0 Å². The molecule has 1 aromatic rings. The van der Waals surface area contributed by atoms with Crippen LogP contribution in [0.3, 0.4) is 0 Å². The lowest BCUT2D eigenvalue weighted by Crippen LogP contribution is -2.20. The number of sulfonamides is 1. The van der Waals surface area contributed by atoms with Crippen LogP contribution in [0.1, 0.15) is 18.9 Å². The molecule has 0 spiro atoms. The molecule has 7 heteroatoms. The first-order valence-corrected chi connectivity index (χ1v) is 8.07. The van der Waals surface area contributed by atoms with E-state index in [1.165, 1.54) is 0 Å². The number of rotatable bonds is 6. The molecular formula is C14H18N2O4S.